The molecule has 100 valence electrons. The predicted octanol–water partition coefficient (Wildman–Crippen LogP) is 2.47. The average molecular weight is 248 g/mol. The van der Waals surface area contributed by atoms with Gasteiger partial charge < -0.3 is 15.8 Å². The first-order valence-corrected chi connectivity index (χ1v) is 6.85. The molecule has 1 aliphatic carbocycles. The molecule has 3 nitrogen and oxygen atoms in total. The summed E-state index contributed by atoms with van der Waals surface area (Å²) in [6.45, 7) is 2.99. The largest absolute Gasteiger partial charge is 0.496 e. The second kappa shape index (κ2) is 6.21. The van der Waals surface area contributed by atoms with Crippen molar-refractivity contribution in [1.82, 2.24) is 5.32 Å². The molecule has 0 aromatic heterocycles. The Morgan fingerprint density at radius 2 is 2.17 bits per heavy atom. The molecule has 3 heteroatoms. The zero-order valence-electron chi connectivity index (χ0n) is 11.4. The summed E-state index contributed by atoms with van der Waals surface area (Å²) in [6.07, 6.45) is 3.78. The lowest BCUT2D eigenvalue weighted by Gasteiger charge is -2.25. The van der Waals surface area contributed by atoms with Crippen LogP contribution in [0.3, 0.4) is 0 Å². The Kier molecular flexibility index (Phi) is 4.61. The normalized spacial score (nSPS) is 25.1. The highest BCUT2D eigenvalue weighted by Crippen LogP contribution is 2.29. The van der Waals surface area contributed by atoms with Crippen LogP contribution in [0.25, 0.3) is 0 Å². The number of methoxy groups -OCH3 is 1. The number of benzene rings is 1. The molecule has 0 radical (unpaired) electrons. The van der Waals surface area contributed by atoms with E-state index in [-0.39, 0.29) is 0 Å². The zero-order chi connectivity index (χ0) is 13.0. The van der Waals surface area contributed by atoms with E-state index in [0.29, 0.717) is 18.0 Å². The van der Waals surface area contributed by atoms with Gasteiger partial charge in [0.1, 0.15) is 5.75 Å². The molecule has 0 saturated heterocycles. The molecular weight excluding hydrogens is 224 g/mol. The van der Waals surface area contributed by atoms with Crippen LogP contribution in [0.4, 0.5) is 0 Å². The molecule has 0 heterocycles. The summed E-state index contributed by atoms with van der Waals surface area (Å²) in [4.78, 5) is 0. The maximum atomic E-state index is 5.83. The van der Waals surface area contributed by atoms with E-state index in [0.717, 1.165) is 12.3 Å². The molecule has 1 saturated carbocycles. The number of hydrogen-bond acceptors (Lipinski definition) is 3. The summed E-state index contributed by atoms with van der Waals surface area (Å²) in [5.74, 6) is 1.59. The molecule has 0 amide bonds. The third kappa shape index (κ3) is 2.85. The second-order valence-corrected chi connectivity index (χ2v) is 5.16. The van der Waals surface area contributed by atoms with Gasteiger partial charge in [-0.25, -0.2) is 0 Å². The molecule has 3 N–H and O–H groups in total. The topological polar surface area (TPSA) is 47.3 Å². The van der Waals surface area contributed by atoms with Crippen molar-refractivity contribution in [3.63, 3.8) is 0 Å². The maximum Gasteiger partial charge on any atom is 0.123 e. The van der Waals surface area contributed by atoms with Crippen molar-refractivity contribution in [2.45, 2.75) is 38.3 Å². The van der Waals surface area contributed by atoms with Gasteiger partial charge in [-0.2, -0.15) is 0 Å². The third-order valence-electron chi connectivity index (χ3n) is 4.03. The van der Waals surface area contributed by atoms with Crippen molar-refractivity contribution in [3.05, 3.63) is 29.8 Å². The molecule has 1 aromatic carbocycles. The number of rotatable bonds is 5. The monoisotopic (exact) mass is 248 g/mol. The molecule has 0 aliphatic heterocycles. The minimum absolute atomic E-state index is 0.304. The molecule has 2 rings (SSSR count). The number of nitrogens with two attached hydrogens (primary N) is 1. The smallest absolute Gasteiger partial charge is 0.123 e. The Morgan fingerprint density at radius 3 is 2.89 bits per heavy atom. The average Bonchev–Trinajstić information content (AvgIpc) is 2.85. The SMILES string of the molecule is COc1ccccc1C(C)NC1CCCC1CN. The van der Waals surface area contributed by atoms with Gasteiger partial charge in [-0.05, 0) is 38.3 Å². The van der Waals surface area contributed by atoms with E-state index >= 15 is 0 Å². The van der Waals surface area contributed by atoms with Crippen molar-refractivity contribution >= 4 is 0 Å². The Bertz CT molecular complexity index is 381. The van der Waals surface area contributed by atoms with Crippen LogP contribution in [0.15, 0.2) is 24.3 Å². The molecule has 1 aliphatic rings. The van der Waals surface area contributed by atoms with Gasteiger partial charge in [0, 0.05) is 17.6 Å². The first-order chi connectivity index (χ1) is 8.76. The van der Waals surface area contributed by atoms with E-state index in [4.69, 9.17) is 10.5 Å². The summed E-state index contributed by atoms with van der Waals surface area (Å²) in [7, 11) is 1.73. The van der Waals surface area contributed by atoms with Gasteiger partial charge in [0.05, 0.1) is 7.11 Å². The summed E-state index contributed by atoms with van der Waals surface area (Å²) in [6, 6.07) is 9.07. The van der Waals surface area contributed by atoms with Crippen molar-refractivity contribution in [3.8, 4) is 5.75 Å². The van der Waals surface area contributed by atoms with Crippen molar-refractivity contribution in [1.29, 1.82) is 0 Å². The summed E-state index contributed by atoms with van der Waals surface area (Å²) >= 11 is 0. The van der Waals surface area contributed by atoms with Gasteiger partial charge in [0.15, 0.2) is 0 Å². The summed E-state index contributed by atoms with van der Waals surface area (Å²) in [5.41, 5.74) is 7.05. The first kappa shape index (κ1) is 13.4. The molecule has 3 unspecified atom stereocenters. The fourth-order valence-corrected chi connectivity index (χ4v) is 2.97. The van der Waals surface area contributed by atoms with Crippen molar-refractivity contribution < 1.29 is 4.74 Å². The highest BCUT2D eigenvalue weighted by atomic mass is 16.5. The van der Waals surface area contributed by atoms with Crippen LogP contribution in [0.5, 0.6) is 5.75 Å². The highest BCUT2D eigenvalue weighted by molar-refractivity contribution is 5.35. The minimum atomic E-state index is 0.304. The molecular formula is C15H24N2O. The number of para-hydroxylation sites is 1. The standard InChI is InChI=1S/C15H24N2O/c1-11(13-7-3-4-9-15(13)18-2)17-14-8-5-6-12(14)10-16/h3-4,7,9,11-12,14,17H,5-6,8,10,16H2,1-2H3. The molecule has 0 spiro atoms. The van der Waals surface area contributed by atoms with E-state index in [2.05, 4.69) is 24.4 Å². The minimum Gasteiger partial charge on any atom is -0.496 e. The predicted molar refractivity (Wildman–Crippen MR) is 74.7 cm³/mol. The first-order valence-electron chi connectivity index (χ1n) is 6.85. The second-order valence-electron chi connectivity index (χ2n) is 5.16. The van der Waals surface area contributed by atoms with Gasteiger partial charge in [-0.15, -0.1) is 0 Å². The highest BCUT2D eigenvalue weighted by Gasteiger charge is 2.27. The van der Waals surface area contributed by atoms with Crippen LogP contribution in [0.1, 0.15) is 37.8 Å². The molecule has 1 fully saturated rings. The van der Waals surface area contributed by atoms with E-state index < -0.39 is 0 Å². The lowest BCUT2D eigenvalue weighted by molar-refractivity contribution is 0.360. The molecule has 18 heavy (non-hydrogen) atoms. The van der Waals surface area contributed by atoms with Crippen LogP contribution in [-0.4, -0.2) is 19.7 Å². The number of ether oxygens (including phenoxy) is 1. The van der Waals surface area contributed by atoms with Gasteiger partial charge >= 0.3 is 0 Å². The molecule has 3 atom stereocenters. The van der Waals surface area contributed by atoms with Crippen LogP contribution < -0.4 is 15.8 Å². The lowest BCUT2D eigenvalue weighted by Crippen LogP contribution is -2.37. The summed E-state index contributed by atoms with van der Waals surface area (Å²) in [5, 5.41) is 3.71. The fraction of sp³-hybridized carbons (Fsp3) is 0.600. The van der Waals surface area contributed by atoms with Gasteiger partial charge in [-0.3, -0.25) is 0 Å². The number of hydrogen-bond donors (Lipinski definition) is 2. The van der Waals surface area contributed by atoms with Crippen molar-refractivity contribution in [2.24, 2.45) is 11.7 Å². The van der Waals surface area contributed by atoms with Gasteiger partial charge in [0.2, 0.25) is 0 Å². The van der Waals surface area contributed by atoms with E-state index in [1.807, 2.05) is 12.1 Å². The van der Waals surface area contributed by atoms with Crippen LogP contribution in [0.2, 0.25) is 0 Å². The van der Waals surface area contributed by atoms with Crippen LogP contribution in [0, 0.1) is 5.92 Å². The Labute approximate surface area is 110 Å². The van der Waals surface area contributed by atoms with Gasteiger partial charge in [-0.1, -0.05) is 24.6 Å². The Hall–Kier alpha value is -1.06. The van der Waals surface area contributed by atoms with Crippen LogP contribution >= 0.6 is 0 Å². The quantitative estimate of drug-likeness (QED) is 0.841. The number of nitrogens with one attached hydrogen (secondary N) is 1. The van der Waals surface area contributed by atoms with E-state index in [1.54, 1.807) is 7.11 Å². The lowest BCUT2D eigenvalue weighted by atomic mass is 10.0. The van der Waals surface area contributed by atoms with Gasteiger partial charge in [0.25, 0.3) is 0 Å². The Balaban J connectivity index is 2.05. The fourth-order valence-electron chi connectivity index (χ4n) is 2.97. The Morgan fingerprint density at radius 1 is 1.39 bits per heavy atom. The van der Waals surface area contributed by atoms with Crippen molar-refractivity contribution in [2.75, 3.05) is 13.7 Å². The molecule has 1 aromatic rings. The molecule has 0 bridgehead atoms. The third-order valence-corrected chi connectivity index (χ3v) is 4.03. The maximum absolute atomic E-state index is 5.83. The summed E-state index contributed by atoms with van der Waals surface area (Å²) < 4.78 is 5.42. The zero-order valence-corrected chi connectivity index (χ0v) is 11.4. The van der Waals surface area contributed by atoms with E-state index in [1.165, 1.54) is 24.8 Å². The van der Waals surface area contributed by atoms with Crippen LogP contribution in [-0.2, 0) is 0 Å². The van der Waals surface area contributed by atoms with E-state index in [9.17, 15) is 0 Å².